The highest BCUT2D eigenvalue weighted by Crippen LogP contribution is 2.07. The SMILES string of the molecule is CCOC(=O)CC(=O)Nc1nc2cc(C)ccn2n1. The molecule has 7 nitrogen and oxygen atoms in total. The van der Waals surface area contributed by atoms with E-state index >= 15 is 0 Å². The van der Waals surface area contributed by atoms with Crippen molar-refractivity contribution in [3.63, 3.8) is 0 Å². The molecule has 0 aliphatic heterocycles. The van der Waals surface area contributed by atoms with Gasteiger partial charge in [-0.3, -0.25) is 14.9 Å². The summed E-state index contributed by atoms with van der Waals surface area (Å²) < 4.78 is 6.23. The fraction of sp³-hybridized carbons (Fsp3) is 0.333. The predicted molar refractivity (Wildman–Crippen MR) is 67.6 cm³/mol. The number of carbonyl (C=O) groups is 2. The van der Waals surface area contributed by atoms with E-state index in [0.717, 1.165) is 5.56 Å². The van der Waals surface area contributed by atoms with E-state index < -0.39 is 11.9 Å². The normalized spacial score (nSPS) is 10.4. The molecule has 0 saturated heterocycles. The number of pyridine rings is 1. The van der Waals surface area contributed by atoms with Crippen molar-refractivity contribution in [1.82, 2.24) is 14.6 Å². The summed E-state index contributed by atoms with van der Waals surface area (Å²) in [4.78, 5) is 26.8. The van der Waals surface area contributed by atoms with Gasteiger partial charge in [0.25, 0.3) is 0 Å². The number of esters is 1. The highest BCUT2D eigenvalue weighted by Gasteiger charge is 2.12. The number of aryl methyl sites for hydroxylation is 1. The topological polar surface area (TPSA) is 85.6 Å². The van der Waals surface area contributed by atoms with Crippen LogP contribution in [0.3, 0.4) is 0 Å². The van der Waals surface area contributed by atoms with E-state index in [2.05, 4.69) is 20.1 Å². The predicted octanol–water partition coefficient (Wildman–Crippen LogP) is 0.929. The lowest BCUT2D eigenvalue weighted by atomic mass is 10.3. The summed E-state index contributed by atoms with van der Waals surface area (Å²) in [7, 11) is 0. The fourth-order valence-electron chi connectivity index (χ4n) is 1.55. The number of hydrogen-bond acceptors (Lipinski definition) is 5. The molecular weight excluding hydrogens is 248 g/mol. The number of ether oxygens (including phenoxy) is 1. The van der Waals surface area contributed by atoms with Crippen LogP contribution in [0.5, 0.6) is 0 Å². The summed E-state index contributed by atoms with van der Waals surface area (Å²) in [6.45, 7) is 3.87. The molecule has 2 rings (SSSR count). The number of amides is 1. The van der Waals surface area contributed by atoms with Crippen LogP contribution in [-0.2, 0) is 14.3 Å². The lowest BCUT2D eigenvalue weighted by Gasteiger charge is -2.00. The number of rotatable bonds is 4. The van der Waals surface area contributed by atoms with Gasteiger partial charge in [-0.2, -0.15) is 4.98 Å². The van der Waals surface area contributed by atoms with E-state index in [0.29, 0.717) is 5.65 Å². The second kappa shape index (κ2) is 5.47. The van der Waals surface area contributed by atoms with Gasteiger partial charge in [-0.25, -0.2) is 4.52 Å². The average Bonchev–Trinajstić information content (AvgIpc) is 2.70. The minimum absolute atomic E-state index is 0.167. The summed E-state index contributed by atoms with van der Waals surface area (Å²) in [5.74, 6) is -0.898. The molecule has 0 bridgehead atoms. The summed E-state index contributed by atoms with van der Waals surface area (Å²) in [5, 5.41) is 6.53. The molecule has 0 fully saturated rings. The van der Waals surface area contributed by atoms with Crippen molar-refractivity contribution in [3.8, 4) is 0 Å². The molecule has 0 radical (unpaired) electrons. The van der Waals surface area contributed by atoms with Crippen LogP contribution < -0.4 is 5.32 Å². The van der Waals surface area contributed by atoms with Crippen LogP contribution in [0.15, 0.2) is 18.3 Å². The number of carbonyl (C=O) groups excluding carboxylic acids is 2. The molecule has 1 N–H and O–H groups in total. The van der Waals surface area contributed by atoms with Crippen molar-refractivity contribution in [2.24, 2.45) is 0 Å². The quantitative estimate of drug-likeness (QED) is 0.654. The summed E-state index contributed by atoms with van der Waals surface area (Å²) in [5.41, 5.74) is 1.68. The maximum Gasteiger partial charge on any atom is 0.315 e. The maximum absolute atomic E-state index is 11.5. The van der Waals surface area contributed by atoms with Gasteiger partial charge < -0.3 is 4.74 Å². The molecule has 2 aromatic heterocycles. The van der Waals surface area contributed by atoms with Crippen molar-refractivity contribution in [1.29, 1.82) is 0 Å². The van der Waals surface area contributed by atoms with Gasteiger partial charge in [0.05, 0.1) is 6.61 Å². The van der Waals surface area contributed by atoms with Crippen LogP contribution in [0, 0.1) is 6.92 Å². The first-order valence-electron chi connectivity index (χ1n) is 5.87. The molecular formula is C12H14N4O3. The summed E-state index contributed by atoms with van der Waals surface area (Å²) in [6, 6.07) is 3.72. The van der Waals surface area contributed by atoms with Crippen LogP contribution in [0.2, 0.25) is 0 Å². The highest BCUT2D eigenvalue weighted by molar-refractivity contribution is 6.01. The zero-order chi connectivity index (χ0) is 13.8. The Morgan fingerprint density at radius 2 is 2.26 bits per heavy atom. The van der Waals surface area contributed by atoms with E-state index in [1.54, 1.807) is 17.6 Å². The van der Waals surface area contributed by atoms with Gasteiger partial charge >= 0.3 is 5.97 Å². The van der Waals surface area contributed by atoms with Gasteiger partial charge in [-0.15, -0.1) is 5.10 Å². The second-order valence-electron chi connectivity index (χ2n) is 3.97. The van der Waals surface area contributed by atoms with Gasteiger partial charge in [0.2, 0.25) is 11.9 Å². The monoisotopic (exact) mass is 262 g/mol. The lowest BCUT2D eigenvalue weighted by molar-refractivity contribution is -0.145. The first-order chi connectivity index (χ1) is 9.08. The number of fused-ring (bicyclic) bond motifs is 1. The first-order valence-corrected chi connectivity index (χ1v) is 5.87. The summed E-state index contributed by atoms with van der Waals surface area (Å²) >= 11 is 0. The van der Waals surface area contributed by atoms with E-state index in [9.17, 15) is 9.59 Å². The number of aromatic nitrogens is 3. The van der Waals surface area contributed by atoms with E-state index in [1.165, 1.54) is 0 Å². The molecule has 7 heteroatoms. The van der Waals surface area contributed by atoms with Crippen LogP contribution in [0.25, 0.3) is 5.65 Å². The lowest BCUT2D eigenvalue weighted by Crippen LogP contribution is -2.18. The minimum atomic E-state index is -0.570. The van der Waals surface area contributed by atoms with Crippen molar-refractivity contribution >= 4 is 23.5 Å². The van der Waals surface area contributed by atoms with Crippen LogP contribution >= 0.6 is 0 Å². The molecule has 0 atom stereocenters. The molecule has 0 aliphatic rings. The minimum Gasteiger partial charge on any atom is -0.466 e. The molecule has 0 spiro atoms. The van der Waals surface area contributed by atoms with Crippen molar-refractivity contribution < 1.29 is 14.3 Å². The van der Waals surface area contributed by atoms with Gasteiger partial charge in [0, 0.05) is 6.20 Å². The summed E-state index contributed by atoms with van der Waals surface area (Å²) in [6.07, 6.45) is 1.40. The largest absolute Gasteiger partial charge is 0.466 e. The Hall–Kier alpha value is -2.44. The zero-order valence-electron chi connectivity index (χ0n) is 10.7. The third-order valence-electron chi connectivity index (χ3n) is 2.35. The Balaban J connectivity index is 2.05. The Morgan fingerprint density at radius 3 is 3.00 bits per heavy atom. The standard InChI is InChI=1S/C12H14N4O3/c1-3-19-11(18)7-10(17)14-12-13-9-6-8(2)4-5-16(9)15-12/h4-6H,3,7H2,1-2H3,(H,14,15,17). The molecule has 0 unspecified atom stereocenters. The third kappa shape index (κ3) is 3.27. The third-order valence-corrected chi connectivity index (χ3v) is 2.35. The van der Waals surface area contributed by atoms with Crippen molar-refractivity contribution in [2.75, 3.05) is 11.9 Å². The van der Waals surface area contributed by atoms with Crippen molar-refractivity contribution in [2.45, 2.75) is 20.3 Å². The molecule has 1 amide bonds. The van der Waals surface area contributed by atoms with Gasteiger partial charge in [0.1, 0.15) is 6.42 Å². The Labute approximate surface area is 109 Å². The van der Waals surface area contributed by atoms with Gasteiger partial charge in [-0.05, 0) is 31.5 Å². The van der Waals surface area contributed by atoms with Crippen LogP contribution in [0.4, 0.5) is 5.95 Å². The molecule has 0 aromatic carbocycles. The maximum atomic E-state index is 11.5. The molecule has 2 aromatic rings. The molecule has 2 heterocycles. The molecule has 0 aliphatic carbocycles. The number of hydrogen-bond donors (Lipinski definition) is 1. The fourth-order valence-corrected chi connectivity index (χ4v) is 1.55. The molecule has 19 heavy (non-hydrogen) atoms. The molecule has 100 valence electrons. The Morgan fingerprint density at radius 1 is 1.47 bits per heavy atom. The first kappa shape index (κ1) is 13.0. The van der Waals surface area contributed by atoms with Gasteiger partial charge in [-0.1, -0.05) is 0 Å². The molecule has 0 saturated carbocycles. The van der Waals surface area contributed by atoms with E-state index in [-0.39, 0.29) is 19.0 Å². The number of anilines is 1. The average molecular weight is 262 g/mol. The van der Waals surface area contributed by atoms with Gasteiger partial charge in [0.15, 0.2) is 5.65 Å². The number of nitrogens with one attached hydrogen (secondary N) is 1. The second-order valence-corrected chi connectivity index (χ2v) is 3.97. The number of nitrogens with zero attached hydrogens (tertiary/aromatic N) is 3. The van der Waals surface area contributed by atoms with E-state index in [1.807, 2.05) is 19.1 Å². The Kier molecular flexibility index (Phi) is 3.74. The van der Waals surface area contributed by atoms with Crippen molar-refractivity contribution in [3.05, 3.63) is 23.9 Å². The zero-order valence-corrected chi connectivity index (χ0v) is 10.7. The Bertz CT molecular complexity index is 620. The van der Waals surface area contributed by atoms with E-state index in [4.69, 9.17) is 0 Å². The smallest absolute Gasteiger partial charge is 0.315 e. The van der Waals surface area contributed by atoms with Crippen LogP contribution in [-0.4, -0.2) is 33.1 Å². The van der Waals surface area contributed by atoms with Crippen LogP contribution in [0.1, 0.15) is 18.9 Å². The highest BCUT2D eigenvalue weighted by atomic mass is 16.5.